The Morgan fingerprint density at radius 2 is 1.95 bits per heavy atom. The van der Waals surface area contributed by atoms with Crippen LogP contribution in [0.2, 0.25) is 0 Å². The molecule has 3 aliphatic heterocycles. The minimum Gasteiger partial charge on any atom is -0.387 e. The average molecular weight is 568 g/mol. The Morgan fingerprint density at radius 1 is 1.20 bits per heavy atom. The van der Waals surface area contributed by atoms with Crippen LogP contribution >= 0.6 is 0 Å². The molecule has 2 atom stereocenters. The summed E-state index contributed by atoms with van der Waals surface area (Å²) in [4.78, 5) is 23.9. The van der Waals surface area contributed by atoms with Crippen molar-refractivity contribution < 1.29 is 24.1 Å². The molecule has 11 nitrogen and oxygen atoms in total. The van der Waals surface area contributed by atoms with Gasteiger partial charge >= 0.3 is 0 Å². The lowest BCUT2D eigenvalue weighted by Gasteiger charge is -2.42. The Bertz CT molecular complexity index is 1400. The normalized spacial score (nSPS) is 20.5. The predicted molar refractivity (Wildman–Crippen MR) is 152 cm³/mol. The quantitative estimate of drug-likeness (QED) is 0.352. The lowest BCUT2D eigenvalue weighted by molar-refractivity contribution is -0.0159. The number of aromatic nitrogens is 3. The minimum absolute atomic E-state index is 0.199. The molecule has 1 unspecified atom stereocenters. The number of carbonyl (C=O) groups excluding carboxylic acids is 1. The monoisotopic (exact) mass is 567 g/mol. The molecular formula is C29H38FN7O4. The van der Waals surface area contributed by atoms with Crippen molar-refractivity contribution in [2.24, 2.45) is 0 Å². The molecule has 12 heteroatoms. The Labute approximate surface area is 238 Å². The molecule has 0 radical (unpaired) electrons. The van der Waals surface area contributed by atoms with E-state index in [4.69, 9.17) is 4.74 Å². The highest BCUT2D eigenvalue weighted by Crippen LogP contribution is 2.37. The standard InChI is InChI=1S/C29H38FN7O4/c1-29(2,40)25(30)18-36-17-19-14-23(33-27(38)22-16-32-37-7-3-6-31-26(22)37)24(15-21(19)28(36)39)35-10-8-34(9-11-35)20-4-12-41-13-5-20/h3,6-7,14-16,20,25,27,33,38,40H,4-5,8-13,17-18H2,1-2H3/t25-,27?/m1/s1. The highest BCUT2D eigenvalue weighted by molar-refractivity contribution is 6.00. The molecule has 5 heterocycles. The SMILES string of the molecule is CC(C)(O)[C@H](F)CN1Cc2cc(NC(O)c3cnn4cccnc34)c(N3CCN(C4CCOCC4)CC3)cc2C1=O. The first kappa shape index (κ1) is 27.8. The van der Waals surface area contributed by atoms with E-state index in [1.54, 1.807) is 29.2 Å². The second-order valence-corrected chi connectivity index (χ2v) is 11.7. The summed E-state index contributed by atoms with van der Waals surface area (Å²) in [6, 6.07) is 6.04. The van der Waals surface area contributed by atoms with Crippen LogP contribution in [-0.2, 0) is 11.3 Å². The number of nitrogens with one attached hydrogen (secondary N) is 1. The van der Waals surface area contributed by atoms with Crippen LogP contribution in [0.15, 0.2) is 36.8 Å². The van der Waals surface area contributed by atoms with Gasteiger partial charge in [-0.2, -0.15) is 5.10 Å². The highest BCUT2D eigenvalue weighted by atomic mass is 19.1. The van der Waals surface area contributed by atoms with E-state index < -0.39 is 18.0 Å². The molecule has 6 rings (SSSR count). The van der Waals surface area contributed by atoms with Gasteiger partial charge in [0, 0.05) is 69.9 Å². The molecule has 0 aliphatic carbocycles. The number of aliphatic hydroxyl groups is 2. The molecule has 0 spiro atoms. The summed E-state index contributed by atoms with van der Waals surface area (Å²) in [6.45, 7) is 7.74. The zero-order chi connectivity index (χ0) is 28.7. The summed E-state index contributed by atoms with van der Waals surface area (Å²) >= 11 is 0. The van der Waals surface area contributed by atoms with Crippen LogP contribution in [0, 0.1) is 0 Å². The Balaban J connectivity index is 1.28. The van der Waals surface area contributed by atoms with Gasteiger partial charge in [-0.1, -0.05) is 0 Å². The number of hydrogen-bond acceptors (Lipinski definition) is 9. The van der Waals surface area contributed by atoms with Gasteiger partial charge in [-0.05, 0) is 50.5 Å². The van der Waals surface area contributed by atoms with Crippen LogP contribution in [0.4, 0.5) is 15.8 Å². The maximum atomic E-state index is 14.7. The molecular weight excluding hydrogens is 529 g/mol. The van der Waals surface area contributed by atoms with Gasteiger partial charge in [-0.3, -0.25) is 9.69 Å². The number of amides is 1. The number of rotatable bonds is 8. The lowest BCUT2D eigenvalue weighted by Crippen LogP contribution is -2.51. The van der Waals surface area contributed by atoms with Gasteiger partial charge in [0.25, 0.3) is 5.91 Å². The number of benzene rings is 1. The average Bonchev–Trinajstić information content (AvgIpc) is 3.53. The first-order valence-corrected chi connectivity index (χ1v) is 14.3. The lowest BCUT2D eigenvalue weighted by atomic mass is 10.0. The highest BCUT2D eigenvalue weighted by Gasteiger charge is 2.36. The van der Waals surface area contributed by atoms with Crippen molar-refractivity contribution in [2.45, 2.75) is 57.3 Å². The number of hydrogen-bond donors (Lipinski definition) is 3. The predicted octanol–water partition coefficient (Wildman–Crippen LogP) is 2.20. The van der Waals surface area contributed by atoms with Gasteiger partial charge < -0.3 is 30.1 Å². The molecule has 2 saturated heterocycles. The molecule has 41 heavy (non-hydrogen) atoms. The Kier molecular flexibility index (Phi) is 7.58. The second-order valence-electron chi connectivity index (χ2n) is 11.7. The van der Waals surface area contributed by atoms with Crippen LogP contribution in [0.3, 0.4) is 0 Å². The van der Waals surface area contributed by atoms with Gasteiger partial charge in [-0.25, -0.2) is 13.9 Å². The second kappa shape index (κ2) is 11.2. The topological polar surface area (TPSA) is 119 Å². The van der Waals surface area contributed by atoms with Crippen LogP contribution in [0.25, 0.3) is 5.65 Å². The van der Waals surface area contributed by atoms with E-state index in [1.165, 1.54) is 18.7 Å². The maximum absolute atomic E-state index is 14.7. The van der Waals surface area contributed by atoms with E-state index in [9.17, 15) is 19.4 Å². The molecule has 1 amide bonds. The third kappa shape index (κ3) is 5.61. The number of alkyl halides is 1. The molecule has 3 N–H and O–H groups in total. The zero-order valence-corrected chi connectivity index (χ0v) is 23.5. The summed E-state index contributed by atoms with van der Waals surface area (Å²) < 4.78 is 21.9. The molecule has 3 aromatic rings. The molecule has 3 aliphatic rings. The summed E-state index contributed by atoms with van der Waals surface area (Å²) in [5.41, 5.74) is 2.28. The number of ether oxygens (including phenoxy) is 1. The number of halogens is 1. The summed E-state index contributed by atoms with van der Waals surface area (Å²) in [5, 5.41) is 28.9. The van der Waals surface area contributed by atoms with Crippen molar-refractivity contribution in [3.05, 3.63) is 53.5 Å². The van der Waals surface area contributed by atoms with E-state index >= 15 is 0 Å². The van der Waals surface area contributed by atoms with Crippen LogP contribution in [-0.4, -0.2) is 104 Å². The smallest absolute Gasteiger partial charge is 0.254 e. The van der Waals surface area contributed by atoms with Gasteiger partial charge in [0.15, 0.2) is 11.9 Å². The summed E-state index contributed by atoms with van der Waals surface area (Å²) in [6.07, 6.45) is 4.40. The largest absolute Gasteiger partial charge is 0.387 e. The Morgan fingerprint density at radius 3 is 2.68 bits per heavy atom. The number of carbonyl (C=O) groups is 1. The van der Waals surface area contributed by atoms with E-state index in [0.29, 0.717) is 28.5 Å². The van der Waals surface area contributed by atoms with Crippen LogP contribution < -0.4 is 10.2 Å². The third-order valence-corrected chi connectivity index (χ3v) is 8.50. The number of fused-ring (bicyclic) bond motifs is 2. The van der Waals surface area contributed by atoms with E-state index in [-0.39, 0.29) is 19.0 Å². The zero-order valence-electron chi connectivity index (χ0n) is 23.5. The molecule has 0 saturated carbocycles. The number of nitrogens with zero attached hydrogens (tertiary/aromatic N) is 6. The van der Waals surface area contributed by atoms with E-state index in [1.807, 2.05) is 12.1 Å². The van der Waals surface area contributed by atoms with Crippen molar-refractivity contribution in [1.82, 2.24) is 24.4 Å². The Hall–Kier alpha value is -3.32. The van der Waals surface area contributed by atoms with Crippen molar-refractivity contribution in [1.29, 1.82) is 0 Å². The molecule has 2 fully saturated rings. The molecule has 0 bridgehead atoms. The number of anilines is 2. The van der Waals surface area contributed by atoms with Crippen molar-refractivity contribution in [3.63, 3.8) is 0 Å². The fourth-order valence-electron chi connectivity index (χ4n) is 5.99. The first-order chi connectivity index (χ1) is 19.7. The van der Waals surface area contributed by atoms with Crippen molar-refractivity contribution in [2.75, 3.05) is 56.2 Å². The number of aliphatic hydroxyl groups excluding tert-OH is 1. The van der Waals surface area contributed by atoms with Crippen LogP contribution in [0.1, 0.15) is 54.4 Å². The van der Waals surface area contributed by atoms with Gasteiger partial charge in [0.1, 0.15) is 6.17 Å². The van der Waals surface area contributed by atoms with Crippen LogP contribution in [0.5, 0.6) is 0 Å². The van der Waals surface area contributed by atoms with Crippen molar-refractivity contribution >= 4 is 22.9 Å². The maximum Gasteiger partial charge on any atom is 0.254 e. The number of piperazine rings is 1. The molecule has 1 aromatic carbocycles. The minimum atomic E-state index is -1.58. The summed E-state index contributed by atoms with van der Waals surface area (Å²) in [7, 11) is 0. The fourth-order valence-corrected chi connectivity index (χ4v) is 5.99. The fraction of sp³-hybridized carbons (Fsp3) is 0.552. The van der Waals surface area contributed by atoms with Gasteiger partial charge in [0.05, 0.1) is 35.3 Å². The van der Waals surface area contributed by atoms with Gasteiger partial charge in [0.2, 0.25) is 0 Å². The van der Waals surface area contributed by atoms with Crippen molar-refractivity contribution in [3.8, 4) is 0 Å². The molecule has 220 valence electrons. The molecule has 2 aromatic heterocycles. The third-order valence-electron chi connectivity index (χ3n) is 8.50. The van der Waals surface area contributed by atoms with E-state index in [2.05, 4.69) is 25.2 Å². The van der Waals surface area contributed by atoms with E-state index in [0.717, 1.165) is 63.5 Å². The van der Waals surface area contributed by atoms with Gasteiger partial charge in [-0.15, -0.1) is 0 Å². The first-order valence-electron chi connectivity index (χ1n) is 14.3. The summed E-state index contributed by atoms with van der Waals surface area (Å²) in [5.74, 6) is -0.257.